The quantitative estimate of drug-likeness (QED) is 0.528. The van der Waals surface area contributed by atoms with Crippen LogP contribution in [0.3, 0.4) is 0 Å². The van der Waals surface area contributed by atoms with Crippen molar-refractivity contribution in [2.45, 2.75) is 45.0 Å². The Morgan fingerprint density at radius 2 is 1.67 bits per heavy atom. The average molecular weight is 130 g/mol. The molecule has 1 rings (SSSR count). The zero-order chi connectivity index (χ0) is 6.85. The molecule has 1 saturated heterocycles. The highest BCUT2D eigenvalue weighted by molar-refractivity contribution is 4.71. The molecular formula is C7H14O2. The minimum absolute atomic E-state index is 0.135. The van der Waals surface area contributed by atoms with Crippen molar-refractivity contribution in [2.24, 2.45) is 0 Å². The fourth-order valence-electron chi connectivity index (χ4n) is 1.37. The Kier molecular flexibility index (Phi) is 2.09. The summed E-state index contributed by atoms with van der Waals surface area (Å²) in [6, 6.07) is 0. The third-order valence-corrected chi connectivity index (χ3v) is 1.67. The van der Waals surface area contributed by atoms with E-state index in [0.717, 1.165) is 12.8 Å². The van der Waals surface area contributed by atoms with E-state index in [4.69, 9.17) is 4.74 Å². The first kappa shape index (κ1) is 7.03. The van der Waals surface area contributed by atoms with E-state index in [2.05, 4.69) is 0 Å². The zero-order valence-electron chi connectivity index (χ0n) is 6.00. The van der Waals surface area contributed by atoms with Gasteiger partial charge in [-0.15, -0.1) is 0 Å². The third kappa shape index (κ3) is 1.95. The van der Waals surface area contributed by atoms with Crippen LogP contribution in [-0.4, -0.2) is 23.4 Å². The highest BCUT2D eigenvalue weighted by Gasteiger charge is 2.21. The molecule has 0 aromatic heterocycles. The summed E-state index contributed by atoms with van der Waals surface area (Å²) in [5, 5.41) is 9.17. The molecule has 1 N–H and O–H groups in total. The molecule has 0 aromatic carbocycles. The minimum atomic E-state index is -0.135. The third-order valence-electron chi connectivity index (χ3n) is 1.67. The van der Waals surface area contributed by atoms with Gasteiger partial charge in [0.15, 0.2) is 0 Å². The van der Waals surface area contributed by atoms with Crippen molar-refractivity contribution in [1.82, 2.24) is 0 Å². The molecule has 54 valence electrons. The van der Waals surface area contributed by atoms with Crippen molar-refractivity contribution in [2.75, 3.05) is 0 Å². The van der Waals surface area contributed by atoms with Crippen LogP contribution >= 0.6 is 0 Å². The van der Waals surface area contributed by atoms with Gasteiger partial charge in [-0.25, -0.2) is 0 Å². The molecule has 1 fully saturated rings. The lowest BCUT2D eigenvalue weighted by Gasteiger charge is -2.28. The van der Waals surface area contributed by atoms with E-state index in [0.29, 0.717) is 0 Å². The Morgan fingerprint density at radius 1 is 1.22 bits per heavy atom. The lowest BCUT2D eigenvalue weighted by Crippen LogP contribution is -2.32. The smallest absolute Gasteiger partial charge is 0.0589 e. The molecule has 1 aliphatic rings. The molecule has 1 heterocycles. The van der Waals surface area contributed by atoms with Crippen LogP contribution < -0.4 is 0 Å². The van der Waals surface area contributed by atoms with Crippen LogP contribution in [0.5, 0.6) is 0 Å². The number of rotatable bonds is 0. The fourth-order valence-corrected chi connectivity index (χ4v) is 1.37. The summed E-state index contributed by atoms with van der Waals surface area (Å²) in [6.45, 7) is 4.00. The summed E-state index contributed by atoms with van der Waals surface area (Å²) in [5.74, 6) is 0. The summed E-state index contributed by atoms with van der Waals surface area (Å²) in [4.78, 5) is 0. The topological polar surface area (TPSA) is 29.5 Å². The van der Waals surface area contributed by atoms with Crippen molar-refractivity contribution < 1.29 is 9.84 Å². The summed E-state index contributed by atoms with van der Waals surface area (Å²) >= 11 is 0. The van der Waals surface area contributed by atoms with E-state index >= 15 is 0 Å². The fraction of sp³-hybridized carbons (Fsp3) is 1.00. The number of aliphatic hydroxyl groups excluding tert-OH is 1. The summed E-state index contributed by atoms with van der Waals surface area (Å²) in [6.07, 6.45) is 1.94. The van der Waals surface area contributed by atoms with Crippen LogP contribution in [0.2, 0.25) is 0 Å². The Balaban J connectivity index is 2.34. The maximum absolute atomic E-state index is 9.17. The molecule has 2 unspecified atom stereocenters. The number of hydrogen-bond acceptors (Lipinski definition) is 2. The first-order valence-corrected chi connectivity index (χ1v) is 3.52. The largest absolute Gasteiger partial charge is 0.393 e. The first-order valence-electron chi connectivity index (χ1n) is 3.52. The Morgan fingerprint density at radius 3 is 2.00 bits per heavy atom. The van der Waals surface area contributed by atoms with Gasteiger partial charge in [0.1, 0.15) is 0 Å². The molecule has 1 aliphatic heterocycles. The normalized spacial score (nSPS) is 45.0. The van der Waals surface area contributed by atoms with Crippen LogP contribution in [0.1, 0.15) is 26.7 Å². The molecule has 0 aromatic rings. The van der Waals surface area contributed by atoms with Crippen molar-refractivity contribution in [3.8, 4) is 0 Å². The Labute approximate surface area is 55.8 Å². The number of hydrogen-bond donors (Lipinski definition) is 1. The number of ether oxygens (including phenoxy) is 1. The molecule has 2 heteroatoms. The standard InChI is InChI=1S/C7H14O2/c1-5-3-7(8)4-6(2)9-5/h5-8H,3-4H2,1-2H3. The molecule has 2 nitrogen and oxygen atoms in total. The second-order valence-electron chi connectivity index (χ2n) is 2.88. The van der Waals surface area contributed by atoms with Gasteiger partial charge in [-0.2, -0.15) is 0 Å². The Bertz CT molecular complexity index is 67.9. The predicted molar refractivity (Wildman–Crippen MR) is 35.2 cm³/mol. The van der Waals surface area contributed by atoms with Gasteiger partial charge in [0.05, 0.1) is 18.3 Å². The van der Waals surface area contributed by atoms with E-state index < -0.39 is 0 Å². The van der Waals surface area contributed by atoms with Gasteiger partial charge in [0.25, 0.3) is 0 Å². The maximum atomic E-state index is 9.17. The van der Waals surface area contributed by atoms with Gasteiger partial charge in [-0.05, 0) is 26.7 Å². The second-order valence-corrected chi connectivity index (χ2v) is 2.88. The van der Waals surface area contributed by atoms with Crippen LogP contribution in [-0.2, 0) is 4.74 Å². The van der Waals surface area contributed by atoms with Crippen LogP contribution in [0.4, 0.5) is 0 Å². The van der Waals surface area contributed by atoms with E-state index in [9.17, 15) is 5.11 Å². The van der Waals surface area contributed by atoms with Crippen LogP contribution in [0.15, 0.2) is 0 Å². The van der Waals surface area contributed by atoms with E-state index in [1.807, 2.05) is 13.8 Å². The lowest BCUT2D eigenvalue weighted by molar-refractivity contribution is -0.0791. The molecule has 9 heavy (non-hydrogen) atoms. The Hall–Kier alpha value is -0.0800. The summed E-state index contributed by atoms with van der Waals surface area (Å²) in [5.41, 5.74) is 0. The molecule has 2 atom stereocenters. The zero-order valence-corrected chi connectivity index (χ0v) is 6.00. The minimum Gasteiger partial charge on any atom is -0.393 e. The van der Waals surface area contributed by atoms with Crippen molar-refractivity contribution >= 4 is 0 Å². The van der Waals surface area contributed by atoms with Crippen LogP contribution in [0, 0.1) is 0 Å². The van der Waals surface area contributed by atoms with E-state index in [-0.39, 0.29) is 18.3 Å². The van der Waals surface area contributed by atoms with Gasteiger partial charge in [-0.1, -0.05) is 0 Å². The molecule has 0 saturated carbocycles. The van der Waals surface area contributed by atoms with Crippen molar-refractivity contribution in [1.29, 1.82) is 0 Å². The highest BCUT2D eigenvalue weighted by Crippen LogP contribution is 2.18. The predicted octanol–water partition coefficient (Wildman–Crippen LogP) is 0.935. The van der Waals surface area contributed by atoms with Crippen molar-refractivity contribution in [3.05, 3.63) is 0 Å². The van der Waals surface area contributed by atoms with Gasteiger partial charge in [0, 0.05) is 0 Å². The first-order chi connectivity index (χ1) is 4.18. The molecule has 0 spiro atoms. The van der Waals surface area contributed by atoms with Crippen molar-refractivity contribution in [3.63, 3.8) is 0 Å². The van der Waals surface area contributed by atoms with E-state index in [1.54, 1.807) is 0 Å². The van der Waals surface area contributed by atoms with Gasteiger partial charge < -0.3 is 9.84 Å². The molecule has 0 aliphatic carbocycles. The highest BCUT2D eigenvalue weighted by atomic mass is 16.5. The van der Waals surface area contributed by atoms with Gasteiger partial charge >= 0.3 is 0 Å². The summed E-state index contributed by atoms with van der Waals surface area (Å²) in [7, 11) is 0. The summed E-state index contributed by atoms with van der Waals surface area (Å²) < 4.78 is 5.40. The molecule has 0 amide bonds. The maximum Gasteiger partial charge on any atom is 0.0589 e. The van der Waals surface area contributed by atoms with Gasteiger partial charge in [-0.3, -0.25) is 0 Å². The number of aliphatic hydroxyl groups is 1. The second kappa shape index (κ2) is 2.67. The van der Waals surface area contributed by atoms with E-state index in [1.165, 1.54) is 0 Å². The molecule has 0 radical (unpaired) electrons. The molecule has 0 bridgehead atoms. The van der Waals surface area contributed by atoms with Gasteiger partial charge in [0.2, 0.25) is 0 Å². The molecular weight excluding hydrogens is 116 g/mol. The lowest BCUT2D eigenvalue weighted by atomic mass is 10.0. The SMILES string of the molecule is CC1CC(O)CC(C)O1. The van der Waals surface area contributed by atoms with Crippen LogP contribution in [0.25, 0.3) is 0 Å². The monoisotopic (exact) mass is 130 g/mol. The average Bonchev–Trinajstić information content (AvgIpc) is 1.59.